The standard InChI is InChI=1S/C34H34N4O4/c1-41-26-14-12-25(13-15-26)36-19-5-10-33(39)37-29-16-11-23(21-24(29)22-35)34(40)31-18-17-30-27(8-6-20-38(30)31)28-7-3-4-9-32(28)42-2/h3-11,16-18,20-21,25-26,36H,12-15,19H2,1-2H3,(H,37,39)/b10-5+. The third-order valence-corrected chi connectivity index (χ3v) is 7.78. The highest BCUT2D eigenvalue weighted by molar-refractivity contribution is 6.10. The number of carbonyl (C=O) groups excluding carboxylic acids is 2. The first-order valence-corrected chi connectivity index (χ1v) is 14.1. The first-order chi connectivity index (χ1) is 20.5. The van der Waals surface area contributed by atoms with Crippen LogP contribution in [0.1, 0.15) is 47.3 Å². The normalized spacial score (nSPS) is 16.8. The van der Waals surface area contributed by atoms with Crippen LogP contribution in [-0.2, 0) is 9.53 Å². The van der Waals surface area contributed by atoms with E-state index in [0.717, 1.165) is 48.1 Å². The lowest BCUT2D eigenvalue weighted by molar-refractivity contribution is -0.111. The number of anilines is 1. The number of nitrogens with one attached hydrogen (secondary N) is 2. The minimum absolute atomic E-state index is 0.214. The van der Waals surface area contributed by atoms with E-state index in [9.17, 15) is 14.9 Å². The first kappa shape index (κ1) is 28.8. The molecule has 0 spiro atoms. The molecule has 0 aliphatic heterocycles. The van der Waals surface area contributed by atoms with Gasteiger partial charge >= 0.3 is 0 Å². The zero-order chi connectivity index (χ0) is 29.5. The van der Waals surface area contributed by atoms with Crippen LogP contribution in [-0.4, -0.2) is 49.0 Å². The summed E-state index contributed by atoms with van der Waals surface area (Å²) in [6.45, 7) is 0.582. The number of hydrogen-bond donors (Lipinski definition) is 2. The fraction of sp³-hybridized carbons (Fsp3) is 0.265. The smallest absolute Gasteiger partial charge is 0.248 e. The number of ether oxygens (including phenoxy) is 2. The van der Waals surface area contributed by atoms with Crippen LogP contribution in [0.2, 0.25) is 0 Å². The summed E-state index contributed by atoms with van der Waals surface area (Å²) >= 11 is 0. The van der Waals surface area contributed by atoms with Crippen molar-refractivity contribution < 1.29 is 19.1 Å². The predicted octanol–water partition coefficient (Wildman–Crippen LogP) is 5.76. The number of aromatic nitrogens is 1. The highest BCUT2D eigenvalue weighted by Gasteiger charge is 2.20. The highest BCUT2D eigenvalue weighted by atomic mass is 16.5. The van der Waals surface area contributed by atoms with Crippen molar-refractivity contribution in [3.8, 4) is 22.9 Å². The third kappa shape index (κ3) is 6.28. The van der Waals surface area contributed by atoms with Gasteiger partial charge in [-0.3, -0.25) is 9.59 Å². The maximum absolute atomic E-state index is 13.6. The molecule has 1 aliphatic rings. The Bertz CT molecular complexity index is 1660. The van der Waals surface area contributed by atoms with Crippen molar-refractivity contribution >= 4 is 22.9 Å². The van der Waals surface area contributed by atoms with Crippen LogP contribution in [0.3, 0.4) is 0 Å². The van der Waals surface area contributed by atoms with Crippen molar-refractivity contribution in [2.45, 2.75) is 37.8 Å². The molecule has 2 heterocycles. The maximum Gasteiger partial charge on any atom is 0.248 e. The SMILES string of the molecule is COc1ccccc1-c1cccn2c(C(=O)c3ccc(NC(=O)/C=C/CNC4CCC(OC)CC4)c(C#N)c3)ccc12. The highest BCUT2D eigenvalue weighted by Crippen LogP contribution is 2.33. The summed E-state index contributed by atoms with van der Waals surface area (Å²) in [5.41, 5.74) is 4.11. The summed E-state index contributed by atoms with van der Waals surface area (Å²) in [4.78, 5) is 26.1. The van der Waals surface area contributed by atoms with Gasteiger partial charge in [0.2, 0.25) is 11.7 Å². The van der Waals surface area contributed by atoms with Crippen LogP contribution < -0.4 is 15.4 Å². The second-order valence-corrected chi connectivity index (χ2v) is 10.3. The molecule has 2 aromatic heterocycles. The Kier molecular flexibility index (Phi) is 9.12. The average Bonchev–Trinajstić information content (AvgIpc) is 3.47. The van der Waals surface area contributed by atoms with Crippen LogP contribution >= 0.6 is 0 Å². The molecular weight excluding hydrogens is 528 g/mol. The lowest BCUT2D eigenvalue weighted by Gasteiger charge is -2.27. The van der Waals surface area contributed by atoms with E-state index < -0.39 is 0 Å². The number of rotatable bonds is 10. The van der Waals surface area contributed by atoms with Gasteiger partial charge < -0.3 is 24.5 Å². The summed E-state index contributed by atoms with van der Waals surface area (Å²) in [5.74, 6) is 0.177. The van der Waals surface area contributed by atoms with Gasteiger partial charge in [0.1, 0.15) is 11.8 Å². The van der Waals surface area contributed by atoms with Crippen molar-refractivity contribution in [1.29, 1.82) is 5.26 Å². The summed E-state index contributed by atoms with van der Waals surface area (Å²) < 4.78 is 12.8. The van der Waals surface area contributed by atoms with E-state index in [2.05, 4.69) is 16.7 Å². The molecule has 1 fully saturated rings. The van der Waals surface area contributed by atoms with Crippen LogP contribution in [0.5, 0.6) is 5.75 Å². The molecule has 4 aromatic rings. The predicted molar refractivity (Wildman–Crippen MR) is 163 cm³/mol. The van der Waals surface area contributed by atoms with Crippen LogP contribution in [0.25, 0.3) is 16.6 Å². The van der Waals surface area contributed by atoms with Gasteiger partial charge in [0.25, 0.3) is 0 Å². The Morgan fingerprint density at radius 1 is 1.00 bits per heavy atom. The molecular formula is C34H34N4O4. The third-order valence-electron chi connectivity index (χ3n) is 7.78. The summed E-state index contributed by atoms with van der Waals surface area (Å²) in [6, 6.07) is 22.6. The number of hydrogen-bond acceptors (Lipinski definition) is 6. The van der Waals surface area contributed by atoms with Gasteiger partial charge in [0, 0.05) is 48.7 Å². The molecule has 1 amide bonds. The molecule has 2 N–H and O–H groups in total. The second-order valence-electron chi connectivity index (χ2n) is 10.3. The van der Waals surface area contributed by atoms with Crippen molar-refractivity contribution in [3.63, 3.8) is 0 Å². The molecule has 8 heteroatoms. The van der Waals surface area contributed by atoms with E-state index in [4.69, 9.17) is 9.47 Å². The number of amides is 1. The fourth-order valence-corrected chi connectivity index (χ4v) is 5.53. The van der Waals surface area contributed by atoms with Gasteiger partial charge in [-0.2, -0.15) is 5.26 Å². The van der Waals surface area contributed by atoms with Gasteiger partial charge in [0.15, 0.2) is 0 Å². The number of carbonyl (C=O) groups is 2. The molecule has 0 bridgehead atoms. The van der Waals surface area contributed by atoms with E-state index in [1.165, 1.54) is 12.1 Å². The zero-order valence-corrected chi connectivity index (χ0v) is 23.8. The molecule has 0 atom stereocenters. The van der Waals surface area contributed by atoms with Gasteiger partial charge in [-0.15, -0.1) is 0 Å². The van der Waals surface area contributed by atoms with E-state index in [0.29, 0.717) is 35.6 Å². The van der Waals surface area contributed by atoms with E-state index in [-0.39, 0.29) is 17.3 Å². The number of nitrogens with zero attached hydrogens (tertiary/aromatic N) is 2. The van der Waals surface area contributed by atoms with Crippen LogP contribution in [0.15, 0.2) is 85.1 Å². The lowest BCUT2D eigenvalue weighted by Crippen LogP contribution is -2.35. The molecule has 1 saturated carbocycles. The van der Waals surface area contributed by atoms with Gasteiger partial charge in [-0.1, -0.05) is 30.3 Å². The van der Waals surface area contributed by atoms with E-state index >= 15 is 0 Å². The maximum atomic E-state index is 13.6. The number of pyridine rings is 1. The molecule has 0 saturated heterocycles. The molecule has 214 valence electrons. The zero-order valence-electron chi connectivity index (χ0n) is 23.8. The summed E-state index contributed by atoms with van der Waals surface area (Å²) in [6.07, 6.45) is 9.61. The quantitative estimate of drug-likeness (QED) is 0.188. The monoisotopic (exact) mass is 562 g/mol. The Labute approximate surface area is 245 Å². The minimum Gasteiger partial charge on any atom is -0.496 e. The number of fused-ring (bicyclic) bond motifs is 1. The average molecular weight is 563 g/mol. The number of para-hydroxylation sites is 1. The topological polar surface area (TPSA) is 105 Å². The van der Waals surface area contributed by atoms with Crippen molar-refractivity contribution in [3.05, 3.63) is 102 Å². The molecule has 0 unspecified atom stereocenters. The van der Waals surface area contributed by atoms with Gasteiger partial charge in [-0.25, -0.2) is 0 Å². The Balaban J connectivity index is 1.27. The summed E-state index contributed by atoms with van der Waals surface area (Å²) in [7, 11) is 3.39. The number of ketones is 1. The summed E-state index contributed by atoms with van der Waals surface area (Å²) in [5, 5.41) is 16.0. The number of benzene rings is 2. The number of methoxy groups -OCH3 is 2. The van der Waals surface area contributed by atoms with Gasteiger partial charge in [0.05, 0.1) is 35.7 Å². The Morgan fingerprint density at radius 3 is 2.55 bits per heavy atom. The fourth-order valence-electron chi connectivity index (χ4n) is 5.53. The molecule has 8 nitrogen and oxygen atoms in total. The molecule has 0 radical (unpaired) electrons. The minimum atomic E-state index is -0.336. The Hall–Kier alpha value is -4.71. The molecule has 42 heavy (non-hydrogen) atoms. The first-order valence-electron chi connectivity index (χ1n) is 14.1. The van der Waals surface area contributed by atoms with Crippen LogP contribution in [0, 0.1) is 11.3 Å². The van der Waals surface area contributed by atoms with Crippen LogP contribution in [0.4, 0.5) is 5.69 Å². The molecule has 1 aliphatic carbocycles. The molecule has 2 aromatic carbocycles. The Morgan fingerprint density at radius 2 is 1.79 bits per heavy atom. The van der Waals surface area contributed by atoms with Crippen molar-refractivity contribution in [1.82, 2.24) is 9.72 Å². The van der Waals surface area contributed by atoms with Crippen molar-refractivity contribution in [2.75, 3.05) is 26.1 Å². The second kappa shape index (κ2) is 13.3. The largest absolute Gasteiger partial charge is 0.496 e. The number of nitriles is 1. The van der Waals surface area contributed by atoms with Gasteiger partial charge in [-0.05, 0) is 68.1 Å². The van der Waals surface area contributed by atoms with E-state index in [1.807, 2.05) is 53.1 Å². The molecule has 5 rings (SSSR count). The lowest BCUT2D eigenvalue weighted by atomic mass is 9.93. The van der Waals surface area contributed by atoms with E-state index in [1.54, 1.807) is 38.5 Å². The van der Waals surface area contributed by atoms with Crippen molar-refractivity contribution in [2.24, 2.45) is 0 Å².